The molecule has 0 aromatic heterocycles. The number of rotatable bonds is 4. The van der Waals surface area contributed by atoms with Crippen molar-refractivity contribution < 1.29 is 14.3 Å². The predicted molar refractivity (Wildman–Crippen MR) is 77.3 cm³/mol. The fraction of sp³-hybridized carbons (Fsp3) is 0.538. The molecule has 1 heterocycles. The van der Waals surface area contributed by atoms with Gasteiger partial charge in [0.15, 0.2) is 0 Å². The molecule has 1 aliphatic heterocycles. The molecule has 1 aliphatic rings. The van der Waals surface area contributed by atoms with Gasteiger partial charge in [-0.1, -0.05) is 18.7 Å². The van der Waals surface area contributed by atoms with Crippen LogP contribution in [0.2, 0.25) is 0 Å². The van der Waals surface area contributed by atoms with Crippen molar-refractivity contribution in [1.82, 2.24) is 9.80 Å². The van der Waals surface area contributed by atoms with Gasteiger partial charge >= 0.3 is 6.09 Å². The van der Waals surface area contributed by atoms with Crippen molar-refractivity contribution in [2.45, 2.75) is 17.7 Å². The Hall–Kier alpha value is -1.43. The lowest BCUT2D eigenvalue weighted by molar-refractivity contribution is -0.123. The van der Waals surface area contributed by atoms with Gasteiger partial charge in [0.05, 0.1) is 6.04 Å². The van der Waals surface area contributed by atoms with E-state index in [4.69, 9.17) is 4.74 Å². The van der Waals surface area contributed by atoms with Crippen LogP contribution >= 0.6 is 12.6 Å². The second kappa shape index (κ2) is 7.23. The van der Waals surface area contributed by atoms with Crippen LogP contribution in [0.3, 0.4) is 0 Å². The number of amides is 2. The molecular weight excluding hydrogens is 264 g/mol. The Morgan fingerprint density at radius 2 is 2.21 bits per heavy atom. The summed E-state index contributed by atoms with van der Waals surface area (Å²) in [5.41, 5.74) is 0. The average molecular weight is 284 g/mol. The molecule has 0 aromatic carbocycles. The maximum atomic E-state index is 11.8. The minimum absolute atomic E-state index is 0.0976. The van der Waals surface area contributed by atoms with E-state index in [9.17, 15) is 9.59 Å². The molecule has 1 saturated heterocycles. The third-order valence-electron chi connectivity index (χ3n) is 2.78. The highest BCUT2D eigenvalue weighted by atomic mass is 32.1. The van der Waals surface area contributed by atoms with Gasteiger partial charge in [-0.15, -0.1) is 0 Å². The fourth-order valence-corrected chi connectivity index (χ4v) is 2.18. The zero-order chi connectivity index (χ0) is 14.4. The van der Waals surface area contributed by atoms with Crippen molar-refractivity contribution >= 4 is 24.6 Å². The predicted octanol–water partition coefficient (Wildman–Crippen LogP) is 1.33. The van der Waals surface area contributed by atoms with E-state index in [0.29, 0.717) is 13.0 Å². The van der Waals surface area contributed by atoms with E-state index < -0.39 is 6.09 Å². The molecule has 6 heteroatoms. The maximum Gasteiger partial charge on any atom is 0.410 e. The van der Waals surface area contributed by atoms with Crippen molar-refractivity contribution in [3.05, 3.63) is 24.8 Å². The van der Waals surface area contributed by atoms with Gasteiger partial charge in [-0.3, -0.25) is 4.79 Å². The largest absolute Gasteiger partial charge is 0.445 e. The molecular formula is C13H20N2O3S. The second-order valence-corrected chi connectivity index (χ2v) is 5.30. The number of ether oxygens (including phenoxy) is 1. The Labute approximate surface area is 119 Å². The highest BCUT2D eigenvalue weighted by Gasteiger charge is 2.33. The molecule has 0 aromatic rings. The zero-order valence-corrected chi connectivity index (χ0v) is 12.2. The van der Waals surface area contributed by atoms with E-state index >= 15 is 0 Å². The lowest BCUT2D eigenvalue weighted by Gasteiger charge is -2.21. The molecule has 0 radical (unpaired) electrons. The monoisotopic (exact) mass is 284 g/mol. The second-order valence-electron chi connectivity index (χ2n) is 4.57. The van der Waals surface area contributed by atoms with Gasteiger partial charge in [0, 0.05) is 32.0 Å². The minimum atomic E-state index is -0.400. The first kappa shape index (κ1) is 15.6. The van der Waals surface area contributed by atoms with Gasteiger partial charge < -0.3 is 14.5 Å². The molecule has 1 fully saturated rings. The summed E-state index contributed by atoms with van der Waals surface area (Å²) in [7, 11) is 3.36. The molecule has 0 spiro atoms. The zero-order valence-electron chi connectivity index (χ0n) is 11.3. The molecule has 0 unspecified atom stereocenters. The van der Waals surface area contributed by atoms with Gasteiger partial charge in [0.25, 0.3) is 0 Å². The van der Waals surface area contributed by atoms with Crippen LogP contribution in [0.4, 0.5) is 4.79 Å². The Morgan fingerprint density at radius 1 is 1.53 bits per heavy atom. The van der Waals surface area contributed by atoms with Crippen LogP contribution in [-0.4, -0.2) is 60.3 Å². The number of thiol groups is 1. The van der Waals surface area contributed by atoms with E-state index in [1.54, 1.807) is 25.1 Å². The topological polar surface area (TPSA) is 49.9 Å². The van der Waals surface area contributed by atoms with Crippen molar-refractivity contribution in [2.24, 2.45) is 0 Å². The summed E-state index contributed by atoms with van der Waals surface area (Å²) in [4.78, 5) is 26.4. The molecule has 2 amide bonds. The summed E-state index contributed by atoms with van der Waals surface area (Å²) in [5.74, 6) is -0.109. The highest BCUT2D eigenvalue weighted by Crippen LogP contribution is 2.23. The number of carbonyl (C=O) groups is 2. The van der Waals surface area contributed by atoms with Gasteiger partial charge in [-0.05, 0) is 6.42 Å². The van der Waals surface area contributed by atoms with Gasteiger partial charge in [0.2, 0.25) is 5.91 Å². The number of nitrogens with zero attached hydrogens (tertiary/aromatic N) is 2. The van der Waals surface area contributed by atoms with Crippen LogP contribution in [0, 0.1) is 0 Å². The molecule has 2 atom stereocenters. The van der Waals surface area contributed by atoms with Crippen molar-refractivity contribution in [3.63, 3.8) is 0 Å². The quantitative estimate of drug-likeness (QED) is 0.481. The molecule has 106 valence electrons. The number of likely N-dealkylation sites (tertiary alicyclic amines) is 1. The molecule has 1 rings (SSSR count). The SMILES string of the molecule is C=CCOC(=O)N1C[C@@H](S)C[C@H]1/C=C/C(=O)N(C)C. The highest BCUT2D eigenvalue weighted by molar-refractivity contribution is 7.81. The summed E-state index contributed by atoms with van der Waals surface area (Å²) < 4.78 is 5.01. The summed E-state index contributed by atoms with van der Waals surface area (Å²) in [5, 5.41) is 0.0976. The first-order valence-corrected chi connectivity index (χ1v) is 6.59. The maximum absolute atomic E-state index is 11.8. The third kappa shape index (κ3) is 4.63. The minimum Gasteiger partial charge on any atom is -0.445 e. The lowest BCUT2D eigenvalue weighted by atomic mass is 10.2. The summed E-state index contributed by atoms with van der Waals surface area (Å²) >= 11 is 4.38. The van der Waals surface area contributed by atoms with Crippen LogP contribution < -0.4 is 0 Å². The first-order chi connectivity index (χ1) is 8.95. The van der Waals surface area contributed by atoms with E-state index in [1.165, 1.54) is 17.1 Å². The number of hydrogen-bond donors (Lipinski definition) is 1. The van der Waals surface area contributed by atoms with E-state index in [2.05, 4.69) is 19.2 Å². The Kier molecular flexibility index (Phi) is 5.95. The van der Waals surface area contributed by atoms with E-state index in [0.717, 1.165) is 0 Å². The van der Waals surface area contributed by atoms with Gasteiger partial charge in [0.1, 0.15) is 6.61 Å². The molecule has 5 nitrogen and oxygen atoms in total. The standard InChI is InChI=1S/C13H20N2O3S/c1-4-7-18-13(17)15-9-11(19)8-10(15)5-6-12(16)14(2)3/h4-6,10-11,19H,1,7-9H2,2-3H3/b6-5+/t10-,11+/m1/s1. The molecule has 19 heavy (non-hydrogen) atoms. The van der Waals surface area contributed by atoms with Crippen molar-refractivity contribution in [3.8, 4) is 0 Å². The lowest BCUT2D eigenvalue weighted by Crippen LogP contribution is -2.35. The van der Waals surface area contributed by atoms with Crippen LogP contribution in [0.5, 0.6) is 0 Å². The number of carbonyl (C=O) groups excluding carboxylic acids is 2. The Bertz CT molecular complexity index is 382. The average Bonchev–Trinajstić information content (AvgIpc) is 2.74. The van der Waals surface area contributed by atoms with Crippen LogP contribution in [0.15, 0.2) is 24.8 Å². The smallest absolute Gasteiger partial charge is 0.410 e. The van der Waals surface area contributed by atoms with Crippen LogP contribution in [0.25, 0.3) is 0 Å². The number of likely N-dealkylation sites (N-methyl/N-ethyl adjacent to an activating group) is 1. The van der Waals surface area contributed by atoms with Gasteiger partial charge in [-0.2, -0.15) is 12.6 Å². The van der Waals surface area contributed by atoms with Crippen molar-refractivity contribution in [1.29, 1.82) is 0 Å². The molecule has 0 aliphatic carbocycles. The Morgan fingerprint density at radius 3 is 2.79 bits per heavy atom. The van der Waals surface area contributed by atoms with E-state index in [1.807, 2.05) is 0 Å². The summed E-state index contributed by atoms with van der Waals surface area (Å²) in [6.07, 6.45) is 5.04. The van der Waals surface area contributed by atoms with Crippen LogP contribution in [0.1, 0.15) is 6.42 Å². The van der Waals surface area contributed by atoms with Crippen LogP contribution in [-0.2, 0) is 9.53 Å². The molecule has 0 saturated carbocycles. The molecule has 0 bridgehead atoms. The Balaban J connectivity index is 2.66. The summed E-state index contributed by atoms with van der Waals surface area (Å²) in [6.45, 7) is 4.20. The van der Waals surface area contributed by atoms with E-state index in [-0.39, 0.29) is 23.8 Å². The third-order valence-corrected chi connectivity index (χ3v) is 3.16. The fourth-order valence-electron chi connectivity index (χ4n) is 1.79. The first-order valence-electron chi connectivity index (χ1n) is 6.07. The number of hydrogen-bond acceptors (Lipinski definition) is 4. The summed E-state index contributed by atoms with van der Waals surface area (Å²) in [6, 6.07) is -0.149. The normalized spacial score (nSPS) is 22.6. The van der Waals surface area contributed by atoms with Gasteiger partial charge in [-0.25, -0.2) is 4.79 Å². The molecule has 0 N–H and O–H groups in total. The van der Waals surface area contributed by atoms with Crippen molar-refractivity contribution in [2.75, 3.05) is 27.2 Å².